The third kappa shape index (κ3) is 3.42. The van der Waals surface area contributed by atoms with Crippen molar-refractivity contribution in [3.8, 4) is 5.75 Å². The fraction of sp³-hybridized carbons (Fsp3) is 0.533. The Morgan fingerprint density at radius 2 is 2.15 bits per heavy atom. The second-order valence-electron chi connectivity index (χ2n) is 5.16. The maximum absolute atomic E-state index is 11.1. The molecule has 0 spiro atoms. The monoisotopic (exact) mass is 277 g/mol. The number of carbonyl (C=O) groups excluding carboxylic acids is 1. The molecule has 110 valence electrons. The van der Waals surface area contributed by atoms with Crippen LogP contribution in [0.15, 0.2) is 18.2 Å². The number of hydrogen-bond donors (Lipinski definition) is 2. The van der Waals surface area contributed by atoms with Crippen molar-refractivity contribution in [2.75, 3.05) is 25.1 Å². The molecular formula is C15H23N3O2. The molecule has 1 saturated heterocycles. The molecule has 5 heteroatoms. The molecule has 1 aromatic rings. The highest BCUT2D eigenvalue weighted by Crippen LogP contribution is 2.28. The number of benzene rings is 1. The molecule has 1 amide bonds. The van der Waals surface area contributed by atoms with Crippen LogP contribution in [-0.4, -0.2) is 32.1 Å². The predicted molar refractivity (Wildman–Crippen MR) is 79.9 cm³/mol. The van der Waals surface area contributed by atoms with Crippen molar-refractivity contribution in [2.45, 2.75) is 32.4 Å². The van der Waals surface area contributed by atoms with E-state index in [0.29, 0.717) is 6.54 Å². The van der Waals surface area contributed by atoms with Crippen LogP contribution in [0.25, 0.3) is 0 Å². The summed E-state index contributed by atoms with van der Waals surface area (Å²) < 4.78 is 5.29. The van der Waals surface area contributed by atoms with Crippen molar-refractivity contribution in [3.63, 3.8) is 0 Å². The quantitative estimate of drug-likeness (QED) is 0.869. The molecule has 1 aromatic carbocycles. The second kappa shape index (κ2) is 6.61. The Morgan fingerprint density at radius 3 is 2.70 bits per heavy atom. The largest absolute Gasteiger partial charge is 0.497 e. The normalized spacial score (nSPS) is 16.1. The third-order valence-corrected chi connectivity index (χ3v) is 3.76. The van der Waals surface area contributed by atoms with E-state index in [1.54, 1.807) is 14.0 Å². The number of nitrogens with zero attached hydrogens (tertiary/aromatic N) is 1. The minimum atomic E-state index is 0.0486. The Morgan fingerprint density at radius 1 is 1.45 bits per heavy atom. The summed E-state index contributed by atoms with van der Waals surface area (Å²) in [6, 6.07) is 6.29. The molecule has 0 aliphatic carbocycles. The highest BCUT2D eigenvalue weighted by Gasteiger charge is 2.21. The van der Waals surface area contributed by atoms with Gasteiger partial charge in [0.05, 0.1) is 7.11 Å². The zero-order valence-electron chi connectivity index (χ0n) is 12.2. The molecule has 0 atom stereocenters. The Balaban J connectivity index is 2.07. The van der Waals surface area contributed by atoms with Crippen LogP contribution >= 0.6 is 0 Å². The number of rotatable bonds is 4. The summed E-state index contributed by atoms with van der Waals surface area (Å²) in [6.07, 6.45) is 1.92. The summed E-state index contributed by atoms with van der Waals surface area (Å²) in [5.74, 6) is 0.897. The number of nitrogens with two attached hydrogens (primary N) is 1. The first-order valence-electron chi connectivity index (χ1n) is 7.03. The molecule has 0 bridgehead atoms. The number of amides is 1. The first-order chi connectivity index (χ1) is 9.63. The van der Waals surface area contributed by atoms with E-state index in [2.05, 4.69) is 10.2 Å². The van der Waals surface area contributed by atoms with Crippen LogP contribution in [0.4, 0.5) is 5.69 Å². The molecule has 1 heterocycles. The van der Waals surface area contributed by atoms with Crippen LogP contribution in [-0.2, 0) is 11.3 Å². The highest BCUT2D eigenvalue weighted by molar-refractivity contribution is 5.73. The fourth-order valence-electron chi connectivity index (χ4n) is 2.69. The van der Waals surface area contributed by atoms with Gasteiger partial charge in [0.25, 0.3) is 0 Å². The van der Waals surface area contributed by atoms with Gasteiger partial charge in [0.1, 0.15) is 5.75 Å². The van der Waals surface area contributed by atoms with E-state index < -0.39 is 0 Å². The standard InChI is InChI=1S/C15H23N3O2/c1-11(19)17-13-5-7-18(8-6-13)15-9-14(20-2)4-3-12(15)10-16/h3-4,9,13H,5-8,10,16H2,1-2H3,(H,17,19). The summed E-state index contributed by atoms with van der Waals surface area (Å²) in [5.41, 5.74) is 8.09. The number of carbonyl (C=O) groups is 1. The lowest BCUT2D eigenvalue weighted by Crippen LogP contribution is -2.44. The van der Waals surface area contributed by atoms with Crippen LogP contribution in [0.2, 0.25) is 0 Å². The molecule has 0 aromatic heterocycles. The van der Waals surface area contributed by atoms with Crippen molar-refractivity contribution < 1.29 is 9.53 Å². The summed E-state index contributed by atoms with van der Waals surface area (Å²) >= 11 is 0. The van der Waals surface area contributed by atoms with Crippen LogP contribution in [0.3, 0.4) is 0 Å². The van der Waals surface area contributed by atoms with Crippen molar-refractivity contribution in [3.05, 3.63) is 23.8 Å². The van der Waals surface area contributed by atoms with Crippen LogP contribution in [0.5, 0.6) is 5.75 Å². The van der Waals surface area contributed by atoms with Crippen molar-refractivity contribution in [1.82, 2.24) is 5.32 Å². The number of anilines is 1. The number of nitrogens with one attached hydrogen (secondary N) is 1. The minimum Gasteiger partial charge on any atom is -0.497 e. The average Bonchev–Trinajstić information content (AvgIpc) is 2.46. The van der Waals surface area contributed by atoms with Crippen molar-refractivity contribution in [2.24, 2.45) is 5.73 Å². The zero-order valence-corrected chi connectivity index (χ0v) is 12.2. The molecular weight excluding hydrogens is 254 g/mol. The summed E-state index contributed by atoms with van der Waals surface area (Å²) in [5, 5.41) is 2.99. The number of piperidine rings is 1. The predicted octanol–water partition coefficient (Wildman–Crippen LogP) is 1.26. The van der Waals surface area contributed by atoms with E-state index in [-0.39, 0.29) is 11.9 Å². The van der Waals surface area contributed by atoms with E-state index >= 15 is 0 Å². The van der Waals surface area contributed by atoms with Gasteiger partial charge in [0, 0.05) is 44.4 Å². The average molecular weight is 277 g/mol. The molecule has 0 unspecified atom stereocenters. The smallest absolute Gasteiger partial charge is 0.217 e. The topological polar surface area (TPSA) is 67.6 Å². The Bertz CT molecular complexity index is 468. The number of hydrogen-bond acceptors (Lipinski definition) is 4. The zero-order chi connectivity index (χ0) is 14.5. The Hall–Kier alpha value is -1.75. The Labute approximate surface area is 120 Å². The van der Waals surface area contributed by atoms with Gasteiger partial charge < -0.3 is 20.7 Å². The molecule has 5 nitrogen and oxygen atoms in total. The van der Waals surface area contributed by atoms with Gasteiger partial charge in [-0.2, -0.15) is 0 Å². The highest BCUT2D eigenvalue weighted by atomic mass is 16.5. The van der Waals surface area contributed by atoms with Gasteiger partial charge in [-0.3, -0.25) is 4.79 Å². The van der Waals surface area contributed by atoms with Gasteiger partial charge in [0.15, 0.2) is 0 Å². The third-order valence-electron chi connectivity index (χ3n) is 3.76. The van der Waals surface area contributed by atoms with E-state index in [1.807, 2.05) is 18.2 Å². The van der Waals surface area contributed by atoms with Gasteiger partial charge in [-0.1, -0.05) is 6.07 Å². The molecule has 2 rings (SSSR count). The molecule has 1 aliphatic rings. The van der Waals surface area contributed by atoms with Crippen molar-refractivity contribution in [1.29, 1.82) is 0 Å². The van der Waals surface area contributed by atoms with E-state index in [9.17, 15) is 4.79 Å². The van der Waals surface area contributed by atoms with Crippen molar-refractivity contribution >= 4 is 11.6 Å². The molecule has 20 heavy (non-hydrogen) atoms. The lowest BCUT2D eigenvalue weighted by atomic mass is 10.0. The SMILES string of the molecule is COc1ccc(CN)c(N2CCC(NC(C)=O)CC2)c1. The summed E-state index contributed by atoms with van der Waals surface area (Å²) in [6.45, 7) is 3.93. The first kappa shape index (κ1) is 14.7. The van der Waals surface area contributed by atoms with E-state index in [0.717, 1.165) is 42.9 Å². The maximum Gasteiger partial charge on any atom is 0.217 e. The number of ether oxygens (including phenoxy) is 1. The van der Waals surface area contributed by atoms with Gasteiger partial charge >= 0.3 is 0 Å². The summed E-state index contributed by atoms with van der Waals surface area (Å²) in [4.78, 5) is 13.4. The molecule has 1 fully saturated rings. The lowest BCUT2D eigenvalue weighted by Gasteiger charge is -2.35. The van der Waals surface area contributed by atoms with Gasteiger partial charge in [-0.05, 0) is 24.5 Å². The number of methoxy groups -OCH3 is 1. The van der Waals surface area contributed by atoms with E-state index in [4.69, 9.17) is 10.5 Å². The molecule has 0 saturated carbocycles. The Kier molecular flexibility index (Phi) is 4.84. The maximum atomic E-state index is 11.1. The van der Waals surface area contributed by atoms with Crippen LogP contribution < -0.4 is 20.7 Å². The van der Waals surface area contributed by atoms with Crippen LogP contribution in [0.1, 0.15) is 25.3 Å². The lowest BCUT2D eigenvalue weighted by molar-refractivity contribution is -0.119. The second-order valence-corrected chi connectivity index (χ2v) is 5.16. The minimum absolute atomic E-state index is 0.0486. The van der Waals surface area contributed by atoms with Crippen LogP contribution in [0, 0.1) is 0 Å². The van der Waals surface area contributed by atoms with E-state index in [1.165, 1.54) is 0 Å². The molecule has 0 radical (unpaired) electrons. The van der Waals surface area contributed by atoms with Gasteiger partial charge in [-0.15, -0.1) is 0 Å². The molecule has 3 N–H and O–H groups in total. The first-order valence-corrected chi connectivity index (χ1v) is 7.03. The van der Waals surface area contributed by atoms with Gasteiger partial charge in [-0.25, -0.2) is 0 Å². The molecule has 1 aliphatic heterocycles. The van der Waals surface area contributed by atoms with Gasteiger partial charge in [0.2, 0.25) is 5.91 Å². The fourth-order valence-corrected chi connectivity index (χ4v) is 2.69. The summed E-state index contributed by atoms with van der Waals surface area (Å²) in [7, 11) is 1.67.